The van der Waals surface area contributed by atoms with Gasteiger partial charge in [-0.1, -0.05) is 25.1 Å². The second-order valence-electron chi connectivity index (χ2n) is 3.91. The minimum Gasteiger partial charge on any atom is -0.361 e. The van der Waals surface area contributed by atoms with Crippen LogP contribution in [0.1, 0.15) is 25.3 Å². The number of benzene rings is 1. The Kier molecular flexibility index (Phi) is 2.28. The number of aldehydes is 1. The number of nitrogens with zero attached hydrogens (tertiary/aromatic N) is 1. The van der Waals surface area contributed by atoms with Crippen molar-refractivity contribution < 1.29 is 4.79 Å². The SMILES string of the molecule is CC1c2ccccc2N(CC=O)C1C. The van der Waals surface area contributed by atoms with Gasteiger partial charge in [0.25, 0.3) is 0 Å². The zero-order chi connectivity index (χ0) is 10.1. The fourth-order valence-corrected chi connectivity index (χ4v) is 2.23. The van der Waals surface area contributed by atoms with Crippen molar-refractivity contribution >= 4 is 12.0 Å². The number of rotatable bonds is 2. The Morgan fingerprint density at radius 1 is 1.36 bits per heavy atom. The average Bonchev–Trinajstić information content (AvgIpc) is 2.45. The van der Waals surface area contributed by atoms with Crippen molar-refractivity contribution in [2.75, 3.05) is 11.4 Å². The molecule has 2 heteroatoms. The molecule has 1 aromatic carbocycles. The van der Waals surface area contributed by atoms with Gasteiger partial charge in [0, 0.05) is 17.6 Å². The highest BCUT2D eigenvalue weighted by molar-refractivity contribution is 5.68. The van der Waals surface area contributed by atoms with E-state index in [1.807, 2.05) is 6.07 Å². The van der Waals surface area contributed by atoms with E-state index in [-0.39, 0.29) is 0 Å². The molecule has 0 spiro atoms. The van der Waals surface area contributed by atoms with Crippen LogP contribution in [0.2, 0.25) is 0 Å². The van der Waals surface area contributed by atoms with Crippen LogP contribution in [0.3, 0.4) is 0 Å². The van der Waals surface area contributed by atoms with Crippen molar-refractivity contribution in [3.05, 3.63) is 29.8 Å². The maximum atomic E-state index is 10.6. The Hall–Kier alpha value is -1.31. The van der Waals surface area contributed by atoms with E-state index in [0.717, 1.165) is 6.29 Å². The Bertz CT molecular complexity index is 348. The first kappa shape index (κ1) is 9.25. The molecule has 1 aliphatic heterocycles. The van der Waals surface area contributed by atoms with E-state index < -0.39 is 0 Å². The standard InChI is InChI=1S/C12H15NO/c1-9-10(2)13(7-8-14)12-6-4-3-5-11(9)12/h3-6,8-10H,7H2,1-2H3. The Morgan fingerprint density at radius 3 is 2.79 bits per heavy atom. The highest BCUT2D eigenvalue weighted by atomic mass is 16.1. The summed E-state index contributed by atoms with van der Waals surface area (Å²) in [7, 11) is 0. The highest BCUT2D eigenvalue weighted by Crippen LogP contribution is 2.39. The molecule has 0 aromatic heterocycles. The Labute approximate surface area is 84.5 Å². The number of carbonyl (C=O) groups excluding carboxylic acids is 1. The number of carbonyl (C=O) groups is 1. The van der Waals surface area contributed by atoms with Gasteiger partial charge in [-0.3, -0.25) is 0 Å². The normalized spacial score (nSPS) is 24.9. The van der Waals surface area contributed by atoms with Crippen LogP contribution in [0.15, 0.2) is 24.3 Å². The van der Waals surface area contributed by atoms with Crippen molar-refractivity contribution in [2.24, 2.45) is 0 Å². The summed E-state index contributed by atoms with van der Waals surface area (Å²) in [6.45, 7) is 4.89. The second-order valence-corrected chi connectivity index (χ2v) is 3.91. The van der Waals surface area contributed by atoms with Gasteiger partial charge in [-0.15, -0.1) is 0 Å². The van der Waals surface area contributed by atoms with Gasteiger partial charge in [0.05, 0.1) is 6.54 Å². The van der Waals surface area contributed by atoms with E-state index in [0.29, 0.717) is 18.5 Å². The zero-order valence-corrected chi connectivity index (χ0v) is 8.60. The number of anilines is 1. The molecule has 2 nitrogen and oxygen atoms in total. The van der Waals surface area contributed by atoms with Crippen LogP contribution in [-0.2, 0) is 4.79 Å². The van der Waals surface area contributed by atoms with E-state index in [2.05, 4.69) is 36.9 Å². The van der Waals surface area contributed by atoms with Crippen LogP contribution in [0.5, 0.6) is 0 Å². The molecule has 74 valence electrons. The predicted octanol–water partition coefficient (Wildman–Crippen LogP) is 2.20. The molecule has 0 saturated carbocycles. The van der Waals surface area contributed by atoms with Gasteiger partial charge in [-0.05, 0) is 18.6 Å². The maximum absolute atomic E-state index is 10.6. The lowest BCUT2D eigenvalue weighted by atomic mass is 9.99. The van der Waals surface area contributed by atoms with E-state index >= 15 is 0 Å². The first-order chi connectivity index (χ1) is 6.75. The lowest BCUT2D eigenvalue weighted by molar-refractivity contribution is -0.106. The van der Waals surface area contributed by atoms with Gasteiger partial charge in [0.2, 0.25) is 0 Å². The molecule has 0 N–H and O–H groups in total. The lowest BCUT2D eigenvalue weighted by Gasteiger charge is -2.23. The maximum Gasteiger partial charge on any atom is 0.139 e. The van der Waals surface area contributed by atoms with Crippen LogP contribution < -0.4 is 4.90 Å². The highest BCUT2D eigenvalue weighted by Gasteiger charge is 2.31. The molecule has 2 atom stereocenters. The molecule has 2 unspecified atom stereocenters. The number of fused-ring (bicyclic) bond motifs is 1. The van der Waals surface area contributed by atoms with Crippen molar-refractivity contribution in [3.63, 3.8) is 0 Å². The Morgan fingerprint density at radius 2 is 2.07 bits per heavy atom. The molecular formula is C12H15NO. The number of hydrogen-bond donors (Lipinski definition) is 0. The quantitative estimate of drug-likeness (QED) is 0.665. The van der Waals surface area contributed by atoms with Gasteiger partial charge in [0.15, 0.2) is 0 Å². The first-order valence-electron chi connectivity index (χ1n) is 5.05. The Balaban J connectivity index is 2.42. The van der Waals surface area contributed by atoms with Crippen molar-refractivity contribution in [2.45, 2.75) is 25.8 Å². The monoisotopic (exact) mass is 189 g/mol. The van der Waals surface area contributed by atoms with Crippen molar-refractivity contribution in [3.8, 4) is 0 Å². The minimum atomic E-state index is 0.428. The topological polar surface area (TPSA) is 20.3 Å². The molecule has 1 aliphatic rings. The smallest absolute Gasteiger partial charge is 0.139 e. The summed E-state index contributed by atoms with van der Waals surface area (Å²) >= 11 is 0. The molecule has 0 fully saturated rings. The molecule has 14 heavy (non-hydrogen) atoms. The molecule has 1 aromatic rings. The molecule has 0 radical (unpaired) electrons. The van der Waals surface area contributed by atoms with E-state index in [1.54, 1.807) is 0 Å². The second kappa shape index (κ2) is 3.45. The van der Waals surface area contributed by atoms with Crippen molar-refractivity contribution in [1.82, 2.24) is 0 Å². The number of hydrogen-bond acceptors (Lipinski definition) is 2. The third-order valence-corrected chi connectivity index (χ3v) is 3.22. The predicted molar refractivity (Wildman–Crippen MR) is 57.7 cm³/mol. The molecular weight excluding hydrogens is 174 g/mol. The first-order valence-corrected chi connectivity index (χ1v) is 5.05. The third kappa shape index (κ3) is 1.22. The van der Waals surface area contributed by atoms with Gasteiger partial charge in [0.1, 0.15) is 6.29 Å². The van der Waals surface area contributed by atoms with Gasteiger partial charge in [-0.25, -0.2) is 0 Å². The van der Waals surface area contributed by atoms with Gasteiger partial charge in [-0.2, -0.15) is 0 Å². The largest absolute Gasteiger partial charge is 0.361 e. The van der Waals surface area contributed by atoms with E-state index in [1.165, 1.54) is 11.3 Å². The molecule has 0 bridgehead atoms. The molecule has 0 aliphatic carbocycles. The van der Waals surface area contributed by atoms with Crippen LogP contribution in [0, 0.1) is 0 Å². The molecule has 0 saturated heterocycles. The van der Waals surface area contributed by atoms with E-state index in [9.17, 15) is 4.79 Å². The van der Waals surface area contributed by atoms with Crippen LogP contribution in [0.4, 0.5) is 5.69 Å². The fraction of sp³-hybridized carbons (Fsp3) is 0.417. The summed E-state index contributed by atoms with van der Waals surface area (Å²) in [5.41, 5.74) is 2.58. The summed E-state index contributed by atoms with van der Waals surface area (Å²) in [5.74, 6) is 0.520. The lowest BCUT2D eigenvalue weighted by Crippen LogP contribution is -2.32. The summed E-state index contributed by atoms with van der Waals surface area (Å²) < 4.78 is 0. The van der Waals surface area contributed by atoms with E-state index in [4.69, 9.17) is 0 Å². The summed E-state index contributed by atoms with van der Waals surface area (Å²) in [5, 5.41) is 0. The molecule has 2 rings (SSSR count). The fourth-order valence-electron chi connectivity index (χ4n) is 2.23. The van der Waals surface area contributed by atoms with Crippen LogP contribution in [-0.4, -0.2) is 18.9 Å². The number of para-hydroxylation sites is 1. The average molecular weight is 189 g/mol. The summed E-state index contributed by atoms with van der Waals surface area (Å²) in [4.78, 5) is 12.8. The van der Waals surface area contributed by atoms with Gasteiger partial charge >= 0.3 is 0 Å². The third-order valence-electron chi connectivity index (χ3n) is 3.22. The summed E-state index contributed by atoms with van der Waals surface area (Å²) in [6.07, 6.45) is 0.978. The summed E-state index contributed by atoms with van der Waals surface area (Å²) in [6, 6.07) is 8.77. The zero-order valence-electron chi connectivity index (χ0n) is 8.60. The minimum absolute atomic E-state index is 0.428. The molecule has 0 amide bonds. The van der Waals surface area contributed by atoms with Crippen molar-refractivity contribution in [1.29, 1.82) is 0 Å². The van der Waals surface area contributed by atoms with Crippen LogP contribution in [0.25, 0.3) is 0 Å². The molecule has 1 heterocycles. The van der Waals surface area contributed by atoms with Crippen LogP contribution >= 0.6 is 0 Å². The van der Waals surface area contributed by atoms with Gasteiger partial charge < -0.3 is 9.69 Å².